The maximum absolute atomic E-state index is 14.3. The first-order chi connectivity index (χ1) is 19.5. The number of rotatable bonds is 7. The van der Waals surface area contributed by atoms with E-state index in [0.29, 0.717) is 33.7 Å². The number of halogens is 4. The summed E-state index contributed by atoms with van der Waals surface area (Å²) in [5, 5.41) is 17.5. The van der Waals surface area contributed by atoms with Crippen LogP contribution in [0.4, 0.5) is 17.6 Å². The summed E-state index contributed by atoms with van der Waals surface area (Å²) in [6.45, 7) is 2.56. The summed E-state index contributed by atoms with van der Waals surface area (Å²) in [6, 6.07) is 13.9. The lowest BCUT2D eigenvalue weighted by molar-refractivity contribution is -0.174. The third-order valence-corrected chi connectivity index (χ3v) is 7.30. The van der Waals surface area contributed by atoms with E-state index >= 15 is 0 Å². The predicted octanol–water partition coefficient (Wildman–Crippen LogP) is 4.71. The number of oxazole rings is 1. The normalized spacial score (nSPS) is 18.4. The minimum absolute atomic E-state index is 0.0210. The second-order valence-electron chi connectivity index (χ2n) is 10.5. The highest BCUT2D eigenvalue weighted by molar-refractivity contribution is 6.05. The van der Waals surface area contributed by atoms with Crippen LogP contribution in [0.25, 0.3) is 33.7 Å². The standard InChI is InChI=1S/C29H27F4N5O3/c1-16-36-37-26(38(16)2)22-11-20(30)6-7-21(22)18-4-3-5-19(10-18)27-35-24-9-17(12-34-13-28(39)14-40-15-28)8-23(25(24)41-27)29(31,32)33/h3-11,16,34,36,39H,12-15H2,1-2H3. The molecule has 1 aromatic heterocycles. The van der Waals surface area contributed by atoms with Crippen LogP contribution in [0.2, 0.25) is 0 Å². The van der Waals surface area contributed by atoms with E-state index in [9.17, 15) is 22.7 Å². The number of nitrogens with zero attached hydrogens (tertiary/aromatic N) is 3. The van der Waals surface area contributed by atoms with Crippen LogP contribution in [-0.2, 0) is 17.5 Å². The number of alkyl halides is 3. The molecule has 0 bridgehead atoms. The average molecular weight is 570 g/mol. The molecule has 1 saturated heterocycles. The Bertz CT molecular complexity index is 1650. The van der Waals surface area contributed by atoms with Gasteiger partial charge in [-0.25, -0.2) is 9.37 Å². The Labute approximate surface area is 232 Å². The van der Waals surface area contributed by atoms with Crippen molar-refractivity contribution in [2.24, 2.45) is 5.10 Å². The zero-order valence-electron chi connectivity index (χ0n) is 22.2. The first-order valence-corrected chi connectivity index (χ1v) is 13.0. The average Bonchev–Trinajstić information content (AvgIpc) is 3.49. The molecule has 2 aliphatic rings. The molecule has 214 valence electrons. The highest BCUT2D eigenvalue weighted by atomic mass is 19.4. The fourth-order valence-corrected chi connectivity index (χ4v) is 4.93. The molecule has 0 saturated carbocycles. The fourth-order valence-electron chi connectivity index (χ4n) is 4.93. The topological polar surface area (TPSA) is 95.2 Å². The fraction of sp³-hybridized carbons (Fsp3) is 0.310. The van der Waals surface area contributed by atoms with Crippen LogP contribution in [0.3, 0.4) is 0 Å². The molecule has 0 radical (unpaired) electrons. The van der Waals surface area contributed by atoms with Gasteiger partial charge >= 0.3 is 6.18 Å². The smallest absolute Gasteiger partial charge is 0.420 e. The van der Waals surface area contributed by atoms with Crippen molar-refractivity contribution in [3.8, 4) is 22.6 Å². The SMILES string of the molecule is CC1NN=C(c2cc(F)ccc2-c2cccc(-c3nc4cc(CNCC5(O)COC5)cc(C(F)(F)F)c4o3)c2)N1C. The largest absolute Gasteiger partial charge is 0.435 e. The maximum Gasteiger partial charge on any atom is 0.420 e. The summed E-state index contributed by atoms with van der Waals surface area (Å²) in [6.07, 6.45) is -4.75. The van der Waals surface area contributed by atoms with Crippen molar-refractivity contribution in [1.29, 1.82) is 0 Å². The molecule has 3 N–H and O–H groups in total. The van der Waals surface area contributed by atoms with Gasteiger partial charge in [0.1, 0.15) is 28.7 Å². The molecule has 12 heteroatoms. The third kappa shape index (κ3) is 5.25. The van der Waals surface area contributed by atoms with E-state index in [-0.39, 0.29) is 49.5 Å². The van der Waals surface area contributed by atoms with Crippen LogP contribution in [0.15, 0.2) is 64.1 Å². The number of ether oxygens (including phenoxy) is 1. The maximum atomic E-state index is 14.3. The van der Waals surface area contributed by atoms with Crippen molar-refractivity contribution < 1.29 is 31.8 Å². The van der Waals surface area contributed by atoms with E-state index in [1.807, 2.05) is 24.9 Å². The molecule has 8 nitrogen and oxygen atoms in total. The Kier molecular flexibility index (Phi) is 6.71. The summed E-state index contributed by atoms with van der Waals surface area (Å²) >= 11 is 0. The van der Waals surface area contributed by atoms with Crippen molar-refractivity contribution in [3.05, 3.63) is 77.1 Å². The summed E-state index contributed by atoms with van der Waals surface area (Å²) in [4.78, 5) is 6.29. The number of fused-ring (bicyclic) bond motifs is 1. The monoisotopic (exact) mass is 569 g/mol. The molecule has 4 aromatic rings. The molecular formula is C29H27F4N5O3. The van der Waals surface area contributed by atoms with Gasteiger partial charge in [-0.3, -0.25) is 5.43 Å². The van der Waals surface area contributed by atoms with E-state index in [0.717, 1.165) is 6.07 Å². The second-order valence-corrected chi connectivity index (χ2v) is 10.5. The van der Waals surface area contributed by atoms with Crippen molar-refractivity contribution in [3.63, 3.8) is 0 Å². The lowest BCUT2D eigenvalue weighted by atomic mass is 9.97. The molecule has 3 heterocycles. The first-order valence-electron chi connectivity index (χ1n) is 13.0. The second kappa shape index (κ2) is 10.1. The number of hydrazone groups is 1. The van der Waals surface area contributed by atoms with E-state index in [1.54, 1.807) is 24.3 Å². The van der Waals surface area contributed by atoms with Crippen LogP contribution < -0.4 is 10.7 Å². The van der Waals surface area contributed by atoms with E-state index in [2.05, 4.69) is 20.8 Å². The zero-order valence-corrected chi connectivity index (χ0v) is 22.2. The van der Waals surface area contributed by atoms with Gasteiger partial charge in [-0.2, -0.15) is 18.3 Å². The van der Waals surface area contributed by atoms with Gasteiger partial charge in [0.15, 0.2) is 11.4 Å². The van der Waals surface area contributed by atoms with Crippen LogP contribution >= 0.6 is 0 Å². The van der Waals surface area contributed by atoms with Crippen LogP contribution in [-0.4, -0.2) is 59.4 Å². The van der Waals surface area contributed by atoms with Gasteiger partial charge < -0.3 is 24.5 Å². The van der Waals surface area contributed by atoms with Gasteiger partial charge in [0.25, 0.3) is 0 Å². The van der Waals surface area contributed by atoms with E-state index < -0.39 is 23.2 Å². The number of aliphatic hydroxyl groups is 1. The number of hydrogen-bond acceptors (Lipinski definition) is 8. The Morgan fingerprint density at radius 1 is 1.10 bits per heavy atom. The molecule has 1 fully saturated rings. The molecule has 0 aliphatic carbocycles. The molecule has 0 spiro atoms. The number of benzene rings is 3. The summed E-state index contributed by atoms with van der Waals surface area (Å²) in [5.41, 5.74) is 3.47. The summed E-state index contributed by atoms with van der Waals surface area (Å²) in [5.74, 6) is 0.162. The molecule has 1 unspecified atom stereocenters. The Hall–Kier alpha value is -4.00. The molecule has 1 atom stereocenters. The van der Waals surface area contributed by atoms with Crippen molar-refractivity contribution in [2.75, 3.05) is 26.8 Å². The molecule has 6 rings (SSSR count). The lowest BCUT2D eigenvalue weighted by Crippen LogP contribution is -2.56. The van der Waals surface area contributed by atoms with Gasteiger partial charge in [-0.1, -0.05) is 18.2 Å². The number of nitrogens with one attached hydrogen (secondary N) is 2. The molecule has 3 aromatic carbocycles. The van der Waals surface area contributed by atoms with Gasteiger partial charge in [-0.15, -0.1) is 0 Å². The van der Waals surface area contributed by atoms with Gasteiger partial charge in [-0.05, 0) is 60.0 Å². The Balaban J connectivity index is 1.36. The number of aromatic nitrogens is 1. The van der Waals surface area contributed by atoms with Crippen molar-refractivity contribution in [1.82, 2.24) is 20.6 Å². The Morgan fingerprint density at radius 2 is 1.88 bits per heavy atom. The minimum atomic E-state index is -4.67. The molecular weight excluding hydrogens is 542 g/mol. The van der Waals surface area contributed by atoms with Gasteiger partial charge in [0.05, 0.1) is 13.2 Å². The van der Waals surface area contributed by atoms with Gasteiger partial charge in [0.2, 0.25) is 5.89 Å². The summed E-state index contributed by atoms with van der Waals surface area (Å²) in [7, 11) is 1.85. The molecule has 2 aliphatic heterocycles. The first kappa shape index (κ1) is 27.2. The minimum Gasteiger partial charge on any atom is -0.435 e. The molecule has 0 amide bonds. The zero-order chi connectivity index (χ0) is 28.9. The van der Waals surface area contributed by atoms with E-state index in [1.165, 1.54) is 18.2 Å². The number of amidine groups is 1. The van der Waals surface area contributed by atoms with Crippen molar-refractivity contribution in [2.45, 2.75) is 31.4 Å². The summed E-state index contributed by atoms with van der Waals surface area (Å²) < 4.78 is 67.1. The van der Waals surface area contributed by atoms with Crippen molar-refractivity contribution >= 4 is 16.9 Å². The highest BCUT2D eigenvalue weighted by Crippen LogP contribution is 2.38. The van der Waals surface area contributed by atoms with Crippen LogP contribution in [0.5, 0.6) is 0 Å². The van der Waals surface area contributed by atoms with E-state index in [4.69, 9.17) is 9.15 Å². The van der Waals surface area contributed by atoms with Crippen LogP contribution in [0.1, 0.15) is 23.6 Å². The van der Waals surface area contributed by atoms with Gasteiger partial charge in [0, 0.05) is 31.3 Å². The quantitative estimate of drug-likeness (QED) is 0.278. The predicted molar refractivity (Wildman–Crippen MR) is 144 cm³/mol. The molecule has 41 heavy (non-hydrogen) atoms. The number of hydrogen-bond donors (Lipinski definition) is 3. The third-order valence-electron chi connectivity index (χ3n) is 7.30. The van der Waals surface area contributed by atoms with Crippen LogP contribution in [0, 0.1) is 5.82 Å². The Morgan fingerprint density at radius 3 is 2.56 bits per heavy atom. The highest BCUT2D eigenvalue weighted by Gasteiger charge is 2.37. The lowest BCUT2D eigenvalue weighted by Gasteiger charge is -2.36.